The Bertz CT molecular complexity index is 872. The van der Waals surface area contributed by atoms with E-state index in [-0.39, 0.29) is 17.7 Å². The van der Waals surface area contributed by atoms with Gasteiger partial charge in [-0.25, -0.2) is 0 Å². The minimum absolute atomic E-state index is 0.0268. The first-order valence-corrected chi connectivity index (χ1v) is 9.36. The fourth-order valence-corrected chi connectivity index (χ4v) is 3.18. The summed E-state index contributed by atoms with van der Waals surface area (Å²) in [5.41, 5.74) is 3.43. The first-order chi connectivity index (χ1) is 13.3. The zero-order valence-electron chi connectivity index (χ0n) is 15.9. The van der Waals surface area contributed by atoms with Gasteiger partial charge in [0.2, 0.25) is 5.91 Å². The monoisotopic (exact) mass is 380 g/mol. The van der Waals surface area contributed by atoms with Gasteiger partial charge < -0.3 is 15.7 Å². The number of hydrogen-bond acceptors (Lipinski definition) is 3. The van der Waals surface area contributed by atoms with E-state index in [1.807, 2.05) is 0 Å². The van der Waals surface area contributed by atoms with Crippen molar-refractivity contribution in [2.45, 2.75) is 32.1 Å². The average molecular weight is 380 g/mol. The maximum absolute atomic E-state index is 12.5. The molecular formula is C22H24N2O4. The predicted molar refractivity (Wildman–Crippen MR) is 106 cm³/mol. The second-order valence-corrected chi connectivity index (χ2v) is 7.41. The number of carbonyl (C=O) groups excluding carboxylic acids is 2. The van der Waals surface area contributed by atoms with Crippen molar-refractivity contribution in [3.05, 3.63) is 65.2 Å². The van der Waals surface area contributed by atoms with Gasteiger partial charge in [0.15, 0.2) is 0 Å². The fourth-order valence-electron chi connectivity index (χ4n) is 3.18. The highest BCUT2D eigenvalue weighted by Crippen LogP contribution is 2.48. The molecule has 6 nitrogen and oxygen atoms in total. The lowest BCUT2D eigenvalue weighted by Gasteiger charge is -2.08. The van der Waals surface area contributed by atoms with Crippen LogP contribution in [0.4, 0.5) is 5.69 Å². The van der Waals surface area contributed by atoms with E-state index in [0.717, 1.165) is 6.42 Å². The highest BCUT2D eigenvalue weighted by Gasteiger charge is 2.43. The quantitative estimate of drug-likeness (QED) is 0.686. The number of hydrogen-bond donors (Lipinski definition) is 3. The van der Waals surface area contributed by atoms with Gasteiger partial charge in [0, 0.05) is 17.2 Å². The van der Waals surface area contributed by atoms with E-state index in [0.29, 0.717) is 17.2 Å². The van der Waals surface area contributed by atoms with Gasteiger partial charge >= 0.3 is 5.97 Å². The highest BCUT2D eigenvalue weighted by atomic mass is 16.4. The fraction of sp³-hybridized carbons (Fsp3) is 0.318. The molecule has 0 spiro atoms. The Morgan fingerprint density at radius 3 is 2.25 bits per heavy atom. The number of nitrogens with one attached hydrogen (secondary N) is 2. The molecule has 3 rings (SSSR count). The third kappa shape index (κ3) is 4.76. The minimum Gasteiger partial charge on any atom is -0.480 e. The topological polar surface area (TPSA) is 95.5 Å². The normalized spacial score (nSPS) is 17.8. The summed E-state index contributed by atoms with van der Waals surface area (Å²) in [6, 6.07) is 14.9. The van der Waals surface area contributed by atoms with Crippen LogP contribution < -0.4 is 10.6 Å². The summed E-state index contributed by atoms with van der Waals surface area (Å²) in [5.74, 6) is -0.893. The smallest absolute Gasteiger partial charge is 0.322 e. The first kappa shape index (κ1) is 19.6. The van der Waals surface area contributed by atoms with E-state index in [9.17, 15) is 14.4 Å². The van der Waals surface area contributed by atoms with Crippen LogP contribution in [0, 0.1) is 5.92 Å². The van der Waals surface area contributed by atoms with Gasteiger partial charge in [-0.1, -0.05) is 38.1 Å². The van der Waals surface area contributed by atoms with Crippen LogP contribution in [-0.4, -0.2) is 29.4 Å². The summed E-state index contributed by atoms with van der Waals surface area (Å²) >= 11 is 0. The van der Waals surface area contributed by atoms with E-state index < -0.39 is 18.4 Å². The van der Waals surface area contributed by atoms with Crippen LogP contribution in [0.25, 0.3) is 0 Å². The first-order valence-electron chi connectivity index (χ1n) is 9.36. The molecule has 2 aromatic carbocycles. The number of carboxylic acid groups (broad SMARTS) is 1. The molecule has 0 heterocycles. The average Bonchev–Trinajstić information content (AvgIpc) is 3.47. The van der Waals surface area contributed by atoms with Crippen LogP contribution in [0.5, 0.6) is 0 Å². The Labute approximate surface area is 164 Å². The van der Waals surface area contributed by atoms with Gasteiger partial charge in [0.05, 0.1) is 0 Å². The molecule has 0 bridgehead atoms. The summed E-state index contributed by atoms with van der Waals surface area (Å²) in [5, 5.41) is 13.8. The van der Waals surface area contributed by atoms with Crippen molar-refractivity contribution in [3.8, 4) is 0 Å². The lowest BCUT2D eigenvalue weighted by molar-refractivity contribution is -0.135. The van der Waals surface area contributed by atoms with Gasteiger partial charge in [0.25, 0.3) is 5.91 Å². The van der Waals surface area contributed by atoms with Crippen molar-refractivity contribution < 1.29 is 19.5 Å². The van der Waals surface area contributed by atoms with Crippen LogP contribution in [-0.2, 0) is 9.59 Å². The highest BCUT2D eigenvalue weighted by molar-refractivity contribution is 5.98. The number of rotatable bonds is 7. The molecular weight excluding hydrogens is 356 g/mol. The van der Waals surface area contributed by atoms with Gasteiger partial charge in [-0.05, 0) is 53.6 Å². The van der Waals surface area contributed by atoms with Crippen molar-refractivity contribution in [1.29, 1.82) is 0 Å². The van der Waals surface area contributed by atoms with Crippen molar-refractivity contribution in [3.63, 3.8) is 0 Å². The molecule has 3 N–H and O–H groups in total. The van der Waals surface area contributed by atoms with E-state index in [1.54, 1.807) is 24.3 Å². The molecule has 2 aromatic rings. The number of anilines is 1. The Balaban J connectivity index is 1.54. The Hall–Kier alpha value is -3.15. The third-order valence-corrected chi connectivity index (χ3v) is 4.97. The zero-order chi connectivity index (χ0) is 20.3. The van der Waals surface area contributed by atoms with Gasteiger partial charge in [-0.2, -0.15) is 0 Å². The Kier molecular flexibility index (Phi) is 5.78. The second kappa shape index (κ2) is 8.25. The molecule has 1 fully saturated rings. The number of carboxylic acids is 1. The molecule has 28 heavy (non-hydrogen) atoms. The number of amides is 2. The number of aliphatic carboxylic acids is 1. The molecule has 1 aliphatic rings. The molecule has 2 unspecified atom stereocenters. The van der Waals surface area contributed by atoms with Crippen molar-refractivity contribution in [1.82, 2.24) is 5.32 Å². The summed E-state index contributed by atoms with van der Waals surface area (Å²) in [4.78, 5) is 34.8. The number of carbonyl (C=O) groups is 3. The maximum Gasteiger partial charge on any atom is 0.322 e. The van der Waals surface area contributed by atoms with Crippen molar-refractivity contribution >= 4 is 23.5 Å². The summed E-state index contributed by atoms with van der Waals surface area (Å²) in [7, 11) is 0. The molecule has 0 saturated heterocycles. The summed E-state index contributed by atoms with van der Waals surface area (Å²) in [6.45, 7) is 3.88. The second-order valence-electron chi connectivity index (χ2n) is 7.41. The summed E-state index contributed by atoms with van der Waals surface area (Å²) in [6.07, 6.45) is 0.836. The third-order valence-electron chi connectivity index (χ3n) is 4.97. The molecule has 0 radical (unpaired) electrons. The Morgan fingerprint density at radius 1 is 1.04 bits per heavy atom. The lowest BCUT2D eigenvalue weighted by atomic mass is 10.00. The molecule has 0 aromatic heterocycles. The molecule has 1 saturated carbocycles. The van der Waals surface area contributed by atoms with Gasteiger partial charge in [-0.15, -0.1) is 0 Å². The van der Waals surface area contributed by atoms with Gasteiger partial charge in [0.1, 0.15) is 6.54 Å². The molecule has 6 heteroatoms. The number of benzene rings is 2. The van der Waals surface area contributed by atoms with Crippen LogP contribution in [0.15, 0.2) is 48.5 Å². The van der Waals surface area contributed by atoms with Crippen molar-refractivity contribution in [2.24, 2.45) is 5.92 Å². The predicted octanol–water partition coefficient (Wildman–Crippen LogP) is 3.37. The lowest BCUT2D eigenvalue weighted by Crippen LogP contribution is -2.29. The van der Waals surface area contributed by atoms with E-state index >= 15 is 0 Å². The zero-order valence-corrected chi connectivity index (χ0v) is 15.9. The molecule has 1 aliphatic carbocycles. The van der Waals surface area contributed by atoms with Crippen LogP contribution in [0.1, 0.15) is 53.6 Å². The molecule has 146 valence electrons. The molecule has 0 aliphatic heterocycles. The maximum atomic E-state index is 12.5. The van der Waals surface area contributed by atoms with Crippen LogP contribution in [0.2, 0.25) is 0 Å². The van der Waals surface area contributed by atoms with Crippen LogP contribution >= 0.6 is 0 Å². The Morgan fingerprint density at radius 2 is 1.68 bits per heavy atom. The largest absolute Gasteiger partial charge is 0.480 e. The SMILES string of the molecule is CC(C)c1ccc(C2CC2C(=O)Nc2ccc(C(=O)NCC(=O)O)cc2)cc1. The van der Waals surface area contributed by atoms with Gasteiger partial charge in [-0.3, -0.25) is 14.4 Å². The van der Waals surface area contributed by atoms with E-state index in [2.05, 4.69) is 48.7 Å². The van der Waals surface area contributed by atoms with Crippen molar-refractivity contribution in [2.75, 3.05) is 11.9 Å². The van der Waals surface area contributed by atoms with E-state index in [1.165, 1.54) is 11.1 Å². The standard InChI is InChI=1S/C22H24N2O4/c1-13(2)14-3-5-15(6-4-14)18-11-19(18)22(28)24-17-9-7-16(8-10-17)21(27)23-12-20(25)26/h3-10,13,18-19H,11-12H2,1-2H3,(H,23,27)(H,24,28)(H,25,26). The molecule has 2 amide bonds. The van der Waals surface area contributed by atoms with E-state index in [4.69, 9.17) is 5.11 Å². The van der Waals surface area contributed by atoms with Crippen LogP contribution in [0.3, 0.4) is 0 Å². The summed E-state index contributed by atoms with van der Waals surface area (Å²) < 4.78 is 0. The minimum atomic E-state index is -1.10. The molecule has 2 atom stereocenters.